The van der Waals surface area contributed by atoms with Crippen LogP contribution in [0.2, 0.25) is 0 Å². The molecule has 0 unspecified atom stereocenters. The predicted octanol–water partition coefficient (Wildman–Crippen LogP) is -1.22. The van der Waals surface area contributed by atoms with Crippen LogP contribution in [0.15, 0.2) is 0 Å². The Balaban J connectivity index is 2.00. The number of hydrogen-bond donors (Lipinski definition) is 3. The van der Waals surface area contributed by atoms with E-state index in [1.54, 1.807) is 0 Å². The van der Waals surface area contributed by atoms with E-state index in [0.29, 0.717) is 39.0 Å². The smallest absolute Gasteiger partial charge is 0.242 e. The van der Waals surface area contributed by atoms with E-state index in [0.717, 1.165) is 0 Å². The van der Waals surface area contributed by atoms with Crippen molar-refractivity contribution in [3.05, 3.63) is 0 Å². The van der Waals surface area contributed by atoms with E-state index in [-0.39, 0.29) is 24.5 Å². The van der Waals surface area contributed by atoms with Crippen molar-refractivity contribution in [3.63, 3.8) is 0 Å². The summed E-state index contributed by atoms with van der Waals surface area (Å²) in [5, 5.41) is 13.8. The van der Waals surface area contributed by atoms with Crippen molar-refractivity contribution in [3.8, 4) is 0 Å². The van der Waals surface area contributed by atoms with Gasteiger partial charge in [0.05, 0.1) is 13.2 Å². The second-order valence-electron chi connectivity index (χ2n) is 3.64. The third-order valence-corrected chi connectivity index (χ3v) is 2.31. The Labute approximate surface area is 94.3 Å². The molecule has 0 aromatic carbocycles. The zero-order chi connectivity index (χ0) is 11.8. The SMILES string of the molecule is O=C1CC[C@@H](C(=O)NCCCOCCO)N1. The molecule has 1 rings (SSSR count). The fourth-order valence-electron chi connectivity index (χ4n) is 1.49. The summed E-state index contributed by atoms with van der Waals surface area (Å²) in [5.41, 5.74) is 0. The summed E-state index contributed by atoms with van der Waals surface area (Å²) >= 11 is 0. The lowest BCUT2D eigenvalue weighted by molar-refractivity contribution is -0.125. The molecule has 1 saturated heterocycles. The molecule has 0 radical (unpaired) electrons. The molecule has 6 nitrogen and oxygen atoms in total. The minimum atomic E-state index is -0.370. The van der Waals surface area contributed by atoms with Crippen LogP contribution in [0.25, 0.3) is 0 Å². The summed E-state index contributed by atoms with van der Waals surface area (Å²) in [4.78, 5) is 22.3. The Morgan fingerprint density at radius 3 is 3.00 bits per heavy atom. The van der Waals surface area contributed by atoms with Crippen LogP contribution < -0.4 is 10.6 Å². The third kappa shape index (κ3) is 4.59. The van der Waals surface area contributed by atoms with Crippen LogP contribution in [0.1, 0.15) is 19.3 Å². The number of rotatable bonds is 7. The highest BCUT2D eigenvalue weighted by atomic mass is 16.5. The molecule has 0 aliphatic carbocycles. The van der Waals surface area contributed by atoms with Crippen molar-refractivity contribution in [1.29, 1.82) is 0 Å². The topological polar surface area (TPSA) is 87.7 Å². The molecule has 0 spiro atoms. The van der Waals surface area contributed by atoms with Crippen LogP contribution in [0.5, 0.6) is 0 Å². The summed E-state index contributed by atoms with van der Waals surface area (Å²) in [6.07, 6.45) is 1.70. The standard InChI is InChI=1S/C10H18N2O4/c13-5-7-16-6-1-4-11-10(15)8-2-3-9(14)12-8/h8,13H,1-7H2,(H,11,15)(H,12,14)/t8-/m0/s1. The lowest BCUT2D eigenvalue weighted by Crippen LogP contribution is -2.42. The van der Waals surface area contributed by atoms with Crippen LogP contribution >= 0.6 is 0 Å². The first-order valence-electron chi connectivity index (χ1n) is 5.49. The Kier molecular flexibility index (Phi) is 5.81. The molecular weight excluding hydrogens is 212 g/mol. The Morgan fingerprint density at radius 2 is 2.38 bits per heavy atom. The van der Waals surface area contributed by atoms with Gasteiger partial charge in [0.15, 0.2) is 0 Å². The van der Waals surface area contributed by atoms with Crippen molar-refractivity contribution in [2.75, 3.05) is 26.4 Å². The van der Waals surface area contributed by atoms with E-state index in [9.17, 15) is 9.59 Å². The maximum atomic E-state index is 11.5. The number of hydrogen-bond acceptors (Lipinski definition) is 4. The minimum absolute atomic E-state index is 0.0143. The molecule has 1 aliphatic rings. The maximum absolute atomic E-state index is 11.5. The van der Waals surface area contributed by atoms with Gasteiger partial charge in [-0.3, -0.25) is 9.59 Å². The first-order chi connectivity index (χ1) is 7.74. The Hall–Kier alpha value is -1.14. The van der Waals surface area contributed by atoms with E-state index < -0.39 is 0 Å². The van der Waals surface area contributed by atoms with Gasteiger partial charge in [-0.25, -0.2) is 0 Å². The van der Waals surface area contributed by atoms with Crippen LogP contribution in [0, 0.1) is 0 Å². The van der Waals surface area contributed by atoms with E-state index in [1.807, 2.05) is 0 Å². The second kappa shape index (κ2) is 7.19. The van der Waals surface area contributed by atoms with Crippen LogP contribution in [0.3, 0.4) is 0 Å². The number of aliphatic hydroxyl groups is 1. The average Bonchev–Trinajstić information content (AvgIpc) is 2.70. The highest BCUT2D eigenvalue weighted by Crippen LogP contribution is 2.05. The molecular formula is C10H18N2O4. The van der Waals surface area contributed by atoms with Gasteiger partial charge in [-0.05, 0) is 12.8 Å². The summed E-state index contributed by atoms with van der Waals surface area (Å²) in [7, 11) is 0. The fraction of sp³-hybridized carbons (Fsp3) is 0.800. The maximum Gasteiger partial charge on any atom is 0.242 e. The Bertz CT molecular complexity index is 245. The molecule has 0 bridgehead atoms. The summed E-state index contributed by atoms with van der Waals surface area (Å²) < 4.78 is 5.04. The molecule has 1 fully saturated rings. The summed E-state index contributed by atoms with van der Waals surface area (Å²) in [6.45, 7) is 1.38. The van der Waals surface area contributed by atoms with Gasteiger partial charge in [0, 0.05) is 19.6 Å². The Morgan fingerprint density at radius 1 is 1.56 bits per heavy atom. The largest absolute Gasteiger partial charge is 0.394 e. The van der Waals surface area contributed by atoms with Crippen molar-refractivity contribution >= 4 is 11.8 Å². The van der Waals surface area contributed by atoms with Crippen molar-refractivity contribution in [2.24, 2.45) is 0 Å². The molecule has 1 atom stereocenters. The minimum Gasteiger partial charge on any atom is -0.394 e. The third-order valence-electron chi connectivity index (χ3n) is 2.31. The van der Waals surface area contributed by atoms with E-state index >= 15 is 0 Å². The monoisotopic (exact) mass is 230 g/mol. The number of nitrogens with one attached hydrogen (secondary N) is 2. The van der Waals surface area contributed by atoms with E-state index in [2.05, 4.69) is 10.6 Å². The van der Waals surface area contributed by atoms with Gasteiger partial charge in [0.1, 0.15) is 6.04 Å². The van der Waals surface area contributed by atoms with E-state index in [1.165, 1.54) is 0 Å². The molecule has 2 amide bonds. The van der Waals surface area contributed by atoms with Gasteiger partial charge < -0.3 is 20.5 Å². The molecule has 0 aromatic rings. The number of ether oxygens (including phenoxy) is 1. The predicted molar refractivity (Wildman–Crippen MR) is 56.7 cm³/mol. The van der Waals surface area contributed by atoms with Crippen molar-refractivity contribution < 1.29 is 19.4 Å². The van der Waals surface area contributed by atoms with Gasteiger partial charge >= 0.3 is 0 Å². The van der Waals surface area contributed by atoms with Crippen molar-refractivity contribution in [2.45, 2.75) is 25.3 Å². The first kappa shape index (κ1) is 12.9. The average molecular weight is 230 g/mol. The zero-order valence-corrected chi connectivity index (χ0v) is 9.20. The molecule has 1 heterocycles. The number of amides is 2. The van der Waals surface area contributed by atoms with Gasteiger partial charge in [0.25, 0.3) is 0 Å². The highest BCUT2D eigenvalue weighted by Gasteiger charge is 2.26. The molecule has 3 N–H and O–H groups in total. The lowest BCUT2D eigenvalue weighted by Gasteiger charge is -2.10. The fourth-order valence-corrected chi connectivity index (χ4v) is 1.49. The molecule has 0 saturated carbocycles. The number of carbonyl (C=O) groups is 2. The van der Waals surface area contributed by atoms with Gasteiger partial charge in [-0.15, -0.1) is 0 Å². The number of carbonyl (C=O) groups excluding carboxylic acids is 2. The first-order valence-corrected chi connectivity index (χ1v) is 5.49. The van der Waals surface area contributed by atoms with Gasteiger partial charge in [-0.2, -0.15) is 0 Å². The van der Waals surface area contributed by atoms with Crippen LogP contribution in [-0.2, 0) is 14.3 Å². The molecule has 6 heteroatoms. The number of aliphatic hydroxyl groups excluding tert-OH is 1. The quantitative estimate of drug-likeness (QED) is 0.478. The highest BCUT2D eigenvalue weighted by molar-refractivity contribution is 5.90. The second-order valence-corrected chi connectivity index (χ2v) is 3.64. The van der Waals surface area contributed by atoms with Crippen molar-refractivity contribution in [1.82, 2.24) is 10.6 Å². The molecule has 16 heavy (non-hydrogen) atoms. The van der Waals surface area contributed by atoms with E-state index in [4.69, 9.17) is 9.84 Å². The molecule has 92 valence electrons. The van der Waals surface area contributed by atoms with Gasteiger partial charge in [0.2, 0.25) is 11.8 Å². The van der Waals surface area contributed by atoms with Gasteiger partial charge in [-0.1, -0.05) is 0 Å². The molecule has 1 aliphatic heterocycles. The van der Waals surface area contributed by atoms with Crippen LogP contribution in [-0.4, -0.2) is 49.3 Å². The summed E-state index contributed by atoms with van der Waals surface area (Å²) in [6, 6.07) is -0.370. The molecule has 0 aromatic heterocycles. The lowest BCUT2D eigenvalue weighted by atomic mass is 10.2. The summed E-state index contributed by atoms with van der Waals surface area (Å²) in [5.74, 6) is -0.195. The normalized spacial score (nSPS) is 19.6. The van der Waals surface area contributed by atoms with Crippen LogP contribution in [0.4, 0.5) is 0 Å². The zero-order valence-electron chi connectivity index (χ0n) is 9.20.